The SMILES string of the molecule is COC1=CC=C(C2=CCC/C=C(/COc3ccc(F)cc3)N=C(C)N=C2)CC=C1. The van der Waals surface area contributed by atoms with E-state index in [4.69, 9.17) is 9.47 Å². The van der Waals surface area contributed by atoms with E-state index >= 15 is 0 Å². The van der Waals surface area contributed by atoms with Crippen LogP contribution in [0.4, 0.5) is 4.39 Å². The predicted octanol–water partition coefficient (Wildman–Crippen LogP) is 5.71. The molecule has 0 N–H and O–H groups in total. The minimum Gasteiger partial charge on any atom is -0.497 e. The third-order valence-corrected chi connectivity index (χ3v) is 4.48. The molecule has 1 heterocycles. The normalized spacial score (nSPS) is 19.1. The van der Waals surface area contributed by atoms with Gasteiger partial charge in [0, 0.05) is 6.21 Å². The Morgan fingerprint density at radius 3 is 2.66 bits per heavy atom. The summed E-state index contributed by atoms with van der Waals surface area (Å²) in [6.07, 6.45) is 16.8. The molecule has 0 fully saturated rings. The summed E-state index contributed by atoms with van der Waals surface area (Å²) in [5.41, 5.74) is 3.09. The van der Waals surface area contributed by atoms with Gasteiger partial charge in [-0.15, -0.1) is 0 Å². The van der Waals surface area contributed by atoms with Crippen molar-refractivity contribution in [2.24, 2.45) is 9.98 Å². The van der Waals surface area contributed by atoms with E-state index in [0.29, 0.717) is 18.2 Å². The summed E-state index contributed by atoms with van der Waals surface area (Å²) in [4.78, 5) is 9.10. The van der Waals surface area contributed by atoms with Crippen molar-refractivity contribution in [3.8, 4) is 5.75 Å². The van der Waals surface area contributed by atoms with E-state index in [9.17, 15) is 4.39 Å². The highest BCUT2D eigenvalue weighted by Gasteiger charge is 2.06. The molecule has 1 aliphatic carbocycles. The highest BCUT2D eigenvalue weighted by atomic mass is 19.1. The third kappa shape index (κ3) is 6.42. The summed E-state index contributed by atoms with van der Waals surface area (Å²) < 4.78 is 24.0. The summed E-state index contributed by atoms with van der Waals surface area (Å²) >= 11 is 0. The smallest absolute Gasteiger partial charge is 0.130 e. The molecule has 1 aromatic rings. The molecule has 150 valence electrons. The average molecular weight is 392 g/mol. The Kier molecular flexibility index (Phi) is 7.34. The lowest BCUT2D eigenvalue weighted by Crippen LogP contribution is -2.03. The van der Waals surface area contributed by atoms with Crippen molar-refractivity contribution in [2.45, 2.75) is 26.2 Å². The minimum atomic E-state index is -0.283. The van der Waals surface area contributed by atoms with Crippen molar-refractivity contribution in [1.82, 2.24) is 0 Å². The largest absolute Gasteiger partial charge is 0.497 e. The van der Waals surface area contributed by atoms with Crippen LogP contribution >= 0.6 is 0 Å². The van der Waals surface area contributed by atoms with Crippen LogP contribution in [0.1, 0.15) is 26.2 Å². The van der Waals surface area contributed by atoms with Crippen LogP contribution < -0.4 is 4.74 Å². The lowest BCUT2D eigenvalue weighted by atomic mass is 10.0. The lowest BCUT2D eigenvalue weighted by molar-refractivity contribution is 0.307. The summed E-state index contributed by atoms with van der Waals surface area (Å²) in [5.74, 6) is 1.82. The number of amidine groups is 1. The fourth-order valence-electron chi connectivity index (χ4n) is 2.94. The molecule has 0 bridgehead atoms. The first-order valence-electron chi connectivity index (χ1n) is 9.63. The first-order valence-corrected chi connectivity index (χ1v) is 9.63. The fraction of sp³-hybridized carbons (Fsp3) is 0.250. The fourth-order valence-corrected chi connectivity index (χ4v) is 2.94. The maximum Gasteiger partial charge on any atom is 0.130 e. The van der Waals surface area contributed by atoms with E-state index in [0.717, 1.165) is 36.3 Å². The van der Waals surface area contributed by atoms with E-state index in [1.165, 1.54) is 17.7 Å². The van der Waals surface area contributed by atoms with Crippen LogP contribution in [0.5, 0.6) is 5.75 Å². The summed E-state index contributed by atoms with van der Waals surface area (Å²) in [6, 6.07) is 5.98. The Balaban J connectivity index is 1.70. The molecule has 4 nitrogen and oxygen atoms in total. The molecule has 0 unspecified atom stereocenters. The van der Waals surface area contributed by atoms with E-state index in [1.54, 1.807) is 19.2 Å². The zero-order valence-corrected chi connectivity index (χ0v) is 16.8. The molecular formula is C24H25FN2O2. The van der Waals surface area contributed by atoms with Gasteiger partial charge in [-0.3, -0.25) is 0 Å². The van der Waals surface area contributed by atoms with Crippen LogP contribution in [-0.2, 0) is 4.74 Å². The summed E-state index contributed by atoms with van der Waals surface area (Å²) in [6.45, 7) is 2.18. The molecule has 0 atom stereocenters. The Hall–Kier alpha value is -3.21. The first-order chi connectivity index (χ1) is 14.1. The van der Waals surface area contributed by atoms with Gasteiger partial charge in [-0.1, -0.05) is 24.3 Å². The monoisotopic (exact) mass is 392 g/mol. The van der Waals surface area contributed by atoms with Gasteiger partial charge in [0.1, 0.15) is 29.8 Å². The van der Waals surface area contributed by atoms with Crippen molar-refractivity contribution < 1.29 is 13.9 Å². The molecule has 0 radical (unpaired) electrons. The molecule has 1 aliphatic heterocycles. The standard InChI is InChI=1S/C24H25FN2O2/c1-18-26-16-20(19-7-5-9-23(28-2)13-10-19)6-3-4-8-22(27-18)17-29-24-14-11-21(25)12-15-24/h5-6,8-16H,3-4,7,17H2,1-2H3/b20-6?,22-8-,26-16?,27-18?. The average Bonchev–Trinajstić information content (AvgIpc) is 2.98. The van der Waals surface area contributed by atoms with Gasteiger partial charge >= 0.3 is 0 Å². The Labute approximate surface area is 171 Å². The van der Waals surface area contributed by atoms with Crippen molar-refractivity contribution in [2.75, 3.05) is 13.7 Å². The van der Waals surface area contributed by atoms with Crippen LogP contribution in [0, 0.1) is 5.82 Å². The highest BCUT2D eigenvalue weighted by molar-refractivity contribution is 5.96. The summed E-state index contributed by atoms with van der Waals surface area (Å²) in [7, 11) is 1.67. The van der Waals surface area contributed by atoms with Crippen LogP contribution in [0.2, 0.25) is 0 Å². The number of nitrogens with zero attached hydrogens (tertiary/aromatic N) is 2. The maximum atomic E-state index is 13.0. The zero-order chi connectivity index (χ0) is 20.5. The van der Waals surface area contributed by atoms with Gasteiger partial charge in [0.2, 0.25) is 0 Å². The minimum absolute atomic E-state index is 0.283. The molecular weight excluding hydrogens is 367 g/mol. The number of hydrogen-bond acceptors (Lipinski definition) is 4. The number of ether oxygens (including phenoxy) is 2. The van der Waals surface area contributed by atoms with Crippen LogP contribution in [0.3, 0.4) is 0 Å². The molecule has 0 aromatic heterocycles. The maximum absolute atomic E-state index is 13.0. The van der Waals surface area contributed by atoms with Gasteiger partial charge in [-0.05, 0) is 73.7 Å². The van der Waals surface area contributed by atoms with E-state index in [-0.39, 0.29) is 5.82 Å². The summed E-state index contributed by atoms with van der Waals surface area (Å²) in [5, 5.41) is 0. The van der Waals surface area contributed by atoms with Gasteiger partial charge in [0.25, 0.3) is 0 Å². The highest BCUT2D eigenvalue weighted by Crippen LogP contribution is 2.20. The van der Waals surface area contributed by atoms with E-state index in [1.807, 2.05) is 25.3 Å². The van der Waals surface area contributed by atoms with Crippen molar-refractivity contribution in [3.63, 3.8) is 0 Å². The van der Waals surface area contributed by atoms with E-state index in [2.05, 4.69) is 34.3 Å². The molecule has 1 aromatic carbocycles. The molecule has 3 rings (SSSR count). The number of rotatable bonds is 5. The van der Waals surface area contributed by atoms with Crippen molar-refractivity contribution in [1.29, 1.82) is 0 Å². The molecule has 0 spiro atoms. The zero-order valence-electron chi connectivity index (χ0n) is 16.8. The number of aliphatic imine (C=N–C) groups is 2. The molecule has 0 saturated carbocycles. The topological polar surface area (TPSA) is 43.2 Å². The number of methoxy groups -OCH3 is 1. The number of allylic oxidation sites excluding steroid dienone is 8. The second-order valence-electron chi connectivity index (χ2n) is 6.66. The number of halogens is 1. The quantitative estimate of drug-likeness (QED) is 0.644. The predicted molar refractivity (Wildman–Crippen MR) is 116 cm³/mol. The molecule has 5 heteroatoms. The Morgan fingerprint density at radius 2 is 1.86 bits per heavy atom. The van der Waals surface area contributed by atoms with E-state index < -0.39 is 0 Å². The number of hydrogen-bond donors (Lipinski definition) is 0. The second kappa shape index (κ2) is 10.4. The molecule has 2 aliphatic rings. The molecule has 0 saturated heterocycles. The van der Waals surface area contributed by atoms with Gasteiger partial charge < -0.3 is 9.47 Å². The van der Waals surface area contributed by atoms with Gasteiger partial charge in [-0.2, -0.15) is 0 Å². The third-order valence-electron chi connectivity index (χ3n) is 4.48. The first kappa shape index (κ1) is 20.5. The molecule has 0 amide bonds. The second-order valence-corrected chi connectivity index (χ2v) is 6.66. The number of benzene rings is 1. The van der Waals surface area contributed by atoms with Crippen LogP contribution in [0.15, 0.2) is 93.3 Å². The molecule has 29 heavy (non-hydrogen) atoms. The Bertz CT molecular complexity index is 932. The van der Waals surface area contributed by atoms with Gasteiger partial charge in [0.15, 0.2) is 0 Å². The Morgan fingerprint density at radius 1 is 1.07 bits per heavy atom. The van der Waals surface area contributed by atoms with Crippen molar-refractivity contribution >= 4 is 12.1 Å². The van der Waals surface area contributed by atoms with Crippen LogP contribution in [-0.4, -0.2) is 25.8 Å². The van der Waals surface area contributed by atoms with Gasteiger partial charge in [-0.25, -0.2) is 14.4 Å². The van der Waals surface area contributed by atoms with Crippen LogP contribution in [0.25, 0.3) is 0 Å². The lowest BCUT2D eigenvalue weighted by Gasteiger charge is -2.09. The van der Waals surface area contributed by atoms with Gasteiger partial charge in [0.05, 0.1) is 12.8 Å². The van der Waals surface area contributed by atoms with Crippen molar-refractivity contribution in [3.05, 3.63) is 89.1 Å².